The minimum Gasteiger partial charge on any atom is -0.468 e. The number of furan rings is 1. The van der Waals surface area contributed by atoms with Crippen LogP contribution in [0.25, 0.3) is 0 Å². The van der Waals surface area contributed by atoms with Crippen molar-refractivity contribution >= 4 is 0 Å². The Balaban J connectivity index is 2.08. The summed E-state index contributed by atoms with van der Waals surface area (Å²) in [7, 11) is 0. The highest BCUT2D eigenvalue weighted by molar-refractivity contribution is 5.02. The van der Waals surface area contributed by atoms with Crippen molar-refractivity contribution in [1.29, 1.82) is 0 Å². The smallest absolute Gasteiger partial charge is 0.117 e. The Morgan fingerprint density at radius 2 is 2.19 bits per heavy atom. The van der Waals surface area contributed by atoms with Crippen LogP contribution in [0.2, 0.25) is 0 Å². The Morgan fingerprint density at radius 1 is 1.44 bits per heavy atom. The van der Waals surface area contributed by atoms with Crippen molar-refractivity contribution < 1.29 is 4.42 Å². The van der Waals surface area contributed by atoms with E-state index in [1.807, 2.05) is 12.1 Å². The molecule has 1 aromatic rings. The molecular formula is C13H22N2O. The van der Waals surface area contributed by atoms with E-state index < -0.39 is 0 Å². The van der Waals surface area contributed by atoms with Crippen LogP contribution in [0.1, 0.15) is 38.4 Å². The van der Waals surface area contributed by atoms with Crippen LogP contribution >= 0.6 is 0 Å². The summed E-state index contributed by atoms with van der Waals surface area (Å²) < 4.78 is 5.43. The number of nitrogens with zero attached hydrogens (tertiary/aromatic N) is 1. The Hall–Kier alpha value is -0.800. The summed E-state index contributed by atoms with van der Waals surface area (Å²) in [6.45, 7) is 4.90. The van der Waals surface area contributed by atoms with Gasteiger partial charge in [0.25, 0.3) is 0 Å². The molecule has 16 heavy (non-hydrogen) atoms. The molecule has 1 saturated carbocycles. The van der Waals surface area contributed by atoms with E-state index in [0.29, 0.717) is 0 Å². The molecular weight excluding hydrogens is 200 g/mol. The number of likely N-dealkylation sites (N-methyl/N-ethyl adjacent to an activating group) is 1. The largest absolute Gasteiger partial charge is 0.468 e. The summed E-state index contributed by atoms with van der Waals surface area (Å²) in [5.74, 6) is 1.04. The van der Waals surface area contributed by atoms with Gasteiger partial charge in [0, 0.05) is 12.1 Å². The van der Waals surface area contributed by atoms with E-state index in [-0.39, 0.29) is 5.54 Å². The molecule has 0 spiro atoms. The second-order valence-corrected chi connectivity index (χ2v) is 4.73. The van der Waals surface area contributed by atoms with E-state index in [2.05, 4.69) is 11.8 Å². The quantitative estimate of drug-likeness (QED) is 0.831. The lowest BCUT2D eigenvalue weighted by Gasteiger charge is -2.39. The molecule has 90 valence electrons. The van der Waals surface area contributed by atoms with Gasteiger partial charge in [0.1, 0.15) is 5.76 Å². The molecule has 0 atom stereocenters. The monoisotopic (exact) mass is 222 g/mol. The summed E-state index contributed by atoms with van der Waals surface area (Å²) >= 11 is 0. The first-order valence-corrected chi connectivity index (χ1v) is 6.28. The predicted octanol–water partition coefficient (Wildman–Crippen LogP) is 2.37. The maximum Gasteiger partial charge on any atom is 0.117 e. The molecule has 0 bridgehead atoms. The van der Waals surface area contributed by atoms with Gasteiger partial charge in [-0.3, -0.25) is 4.90 Å². The lowest BCUT2D eigenvalue weighted by molar-refractivity contribution is 0.0890. The van der Waals surface area contributed by atoms with Crippen molar-refractivity contribution in [2.24, 2.45) is 5.73 Å². The van der Waals surface area contributed by atoms with Crippen molar-refractivity contribution in [1.82, 2.24) is 4.90 Å². The van der Waals surface area contributed by atoms with E-state index in [9.17, 15) is 0 Å². The van der Waals surface area contributed by atoms with Crippen LogP contribution in [0.4, 0.5) is 0 Å². The SMILES string of the molecule is CCN(Cc1ccco1)C1(CN)CCCC1. The number of nitrogens with two attached hydrogens (primary N) is 1. The number of rotatable bonds is 5. The van der Waals surface area contributed by atoms with Gasteiger partial charge in [-0.05, 0) is 31.5 Å². The van der Waals surface area contributed by atoms with Gasteiger partial charge in [-0.25, -0.2) is 0 Å². The van der Waals surface area contributed by atoms with Crippen molar-refractivity contribution in [3.05, 3.63) is 24.2 Å². The highest BCUT2D eigenvalue weighted by Crippen LogP contribution is 2.35. The van der Waals surface area contributed by atoms with Crippen LogP contribution in [0.15, 0.2) is 22.8 Å². The van der Waals surface area contributed by atoms with Gasteiger partial charge in [0.05, 0.1) is 12.8 Å². The summed E-state index contributed by atoms with van der Waals surface area (Å²) in [4.78, 5) is 2.48. The topological polar surface area (TPSA) is 42.4 Å². The van der Waals surface area contributed by atoms with Crippen molar-refractivity contribution in [3.63, 3.8) is 0 Å². The first-order valence-electron chi connectivity index (χ1n) is 6.28. The fourth-order valence-corrected chi connectivity index (χ4v) is 2.89. The average Bonchev–Trinajstić information content (AvgIpc) is 2.97. The molecule has 0 amide bonds. The summed E-state index contributed by atoms with van der Waals surface area (Å²) in [6.07, 6.45) is 6.83. The van der Waals surface area contributed by atoms with E-state index in [0.717, 1.165) is 25.4 Å². The molecule has 2 N–H and O–H groups in total. The molecule has 3 nitrogen and oxygen atoms in total. The van der Waals surface area contributed by atoms with E-state index in [1.54, 1.807) is 6.26 Å². The Labute approximate surface area is 97.6 Å². The van der Waals surface area contributed by atoms with Gasteiger partial charge in [-0.2, -0.15) is 0 Å². The van der Waals surface area contributed by atoms with Gasteiger partial charge in [0.2, 0.25) is 0 Å². The highest BCUT2D eigenvalue weighted by Gasteiger charge is 2.37. The van der Waals surface area contributed by atoms with Crippen LogP contribution in [0, 0.1) is 0 Å². The van der Waals surface area contributed by atoms with Crippen LogP contribution in [0.3, 0.4) is 0 Å². The second-order valence-electron chi connectivity index (χ2n) is 4.73. The molecule has 1 aliphatic rings. The lowest BCUT2D eigenvalue weighted by atomic mass is 9.95. The first-order chi connectivity index (χ1) is 7.80. The molecule has 0 aromatic carbocycles. The molecule has 0 radical (unpaired) electrons. The van der Waals surface area contributed by atoms with E-state index in [4.69, 9.17) is 10.2 Å². The van der Waals surface area contributed by atoms with E-state index >= 15 is 0 Å². The predicted molar refractivity (Wildman–Crippen MR) is 65.0 cm³/mol. The van der Waals surface area contributed by atoms with Crippen molar-refractivity contribution in [2.75, 3.05) is 13.1 Å². The summed E-state index contributed by atoms with van der Waals surface area (Å²) in [6, 6.07) is 3.99. The zero-order valence-corrected chi connectivity index (χ0v) is 10.1. The molecule has 2 rings (SSSR count). The maximum absolute atomic E-state index is 6.00. The zero-order chi connectivity index (χ0) is 11.4. The molecule has 0 saturated heterocycles. The van der Waals surface area contributed by atoms with Gasteiger partial charge in [-0.1, -0.05) is 19.8 Å². The molecule has 0 unspecified atom stereocenters. The van der Waals surface area contributed by atoms with Crippen LogP contribution < -0.4 is 5.73 Å². The van der Waals surface area contributed by atoms with Crippen molar-refractivity contribution in [2.45, 2.75) is 44.7 Å². The summed E-state index contributed by atoms with van der Waals surface area (Å²) in [5.41, 5.74) is 6.23. The highest BCUT2D eigenvalue weighted by atomic mass is 16.3. The molecule has 1 aromatic heterocycles. The molecule has 1 heterocycles. The first kappa shape index (κ1) is 11.7. The second kappa shape index (κ2) is 5.02. The standard InChI is InChI=1S/C13H22N2O/c1-2-15(10-12-6-5-9-16-12)13(11-14)7-3-4-8-13/h5-6,9H,2-4,7-8,10-11,14H2,1H3. The Bertz CT molecular complexity index is 302. The summed E-state index contributed by atoms with van der Waals surface area (Å²) in [5, 5.41) is 0. The third-order valence-corrected chi connectivity index (χ3v) is 3.89. The van der Waals surface area contributed by atoms with Gasteiger partial charge < -0.3 is 10.2 Å². The fourth-order valence-electron chi connectivity index (χ4n) is 2.89. The Morgan fingerprint density at radius 3 is 2.69 bits per heavy atom. The average molecular weight is 222 g/mol. The van der Waals surface area contributed by atoms with Crippen LogP contribution in [-0.4, -0.2) is 23.5 Å². The van der Waals surface area contributed by atoms with Crippen molar-refractivity contribution in [3.8, 4) is 0 Å². The van der Waals surface area contributed by atoms with Crippen LogP contribution in [0.5, 0.6) is 0 Å². The third-order valence-electron chi connectivity index (χ3n) is 3.89. The minimum atomic E-state index is 0.224. The molecule has 3 heteroatoms. The fraction of sp³-hybridized carbons (Fsp3) is 0.692. The number of hydrogen-bond donors (Lipinski definition) is 1. The normalized spacial score (nSPS) is 19.4. The lowest BCUT2D eigenvalue weighted by Crippen LogP contribution is -2.51. The van der Waals surface area contributed by atoms with Crippen LogP contribution in [-0.2, 0) is 6.54 Å². The molecule has 1 aliphatic carbocycles. The van der Waals surface area contributed by atoms with E-state index in [1.165, 1.54) is 25.7 Å². The van der Waals surface area contributed by atoms with Gasteiger partial charge in [-0.15, -0.1) is 0 Å². The number of hydrogen-bond acceptors (Lipinski definition) is 3. The minimum absolute atomic E-state index is 0.224. The maximum atomic E-state index is 6.00. The molecule has 0 aliphatic heterocycles. The molecule has 1 fully saturated rings. The van der Waals surface area contributed by atoms with Gasteiger partial charge in [0.15, 0.2) is 0 Å². The zero-order valence-electron chi connectivity index (χ0n) is 10.1. The van der Waals surface area contributed by atoms with Gasteiger partial charge >= 0.3 is 0 Å². The third kappa shape index (κ3) is 2.15. The Kier molecular flexibility index (Phi) is 3.66.